The van der Waals surface area contributed by atoms with Crippen molar-refractivity contribution in [3.63, 3.8) is 0 Å². The molecule has 0 spiro atoms. The molecule has 0 unspecified atom stereocenters. The van der Waals surface area contributed by atoms with Crippen LogP contribution >= 0.6 is 15.8 Å². The fourth-order valence-corrected chi connectivity index (χ4v) is 20.4. The van der Waals surface area contributed by atoms with Gasteiger partial charge in [-0.15, -0.1) is 23.3 Å². The zero-order valence-electron chi connectivity index (χ0n) is 45.5. The topological polar surface area (TPSA) is 0 Å². The second-order valence-electron chi connectivity index (χ2n) is 20.4. The summed E-state index contributed by atoms with van der Waals surface area (Å²) in [5, 5.41) is 6.01. The minimum absolute atomic E-state index is 0. The van der Waals surface area contributed by atoms with E-state index < -0.39 is 15.8 Å². The third kappa shape index (κ3) is 11.1. The summed E-state index contributed by atoms with van der Waals surface area (Å²) in [6, 6.07) is 117. The molecular formula is C79H58Au2P2+2. The molecule has 12 aromatic carbocycles. The van der Waals surface area contributed by atoms with Gasteiger partial charge in [-0.3, -0.25) is 11.8 Å². The van der Waals surface area contributed by atoms with E-state index in [0.717, 1.165) is 22.3 Å². The van der Waals surface area contributed by atoms with Gasteiger partial charge >= 0.3 is 44.8 Å². The van der Waals surface area contributed by atoms with E-state index in [9.17, 15) is 0 Å². The number of rotatable bonds is 10. The van der Waals surface area contributed by atoms with Crippen LogP contribution in [0.15, 0.2) is 328 Å². The normalized spacial score (nSPS) is 12.3. The molecule has 0 nitrogen and oxygen atoms in total. The maximum Gasteiger partial charge on any atom is 1.00 e. The van der Waals surface area contributed by atoms with Gasteiger partial charge in [-0.2, -0.15) is 0 Å². The zero-order chi connectivity index (χ0) is 54.9. The first-order valence-electron chi connectivity index (χ1n) is 27.6. The van der Waals surface area contributed by atoms with Crippen LogP contribution < -0.4 is 21.2 Å². The number of hydrogen-bond donors (Lipinski definition) is 0. The quantitative estimate of drug-likeness (QED) is 0.0554. The Balaban J connectivity index is 0.000000137. The van der Waals surface area contributed by atoms with Gasteiger partial charge in [-0.1, -0.05) is 278 Å². The Bertz CT molecular complexity index is 3710. The number of fused-ring (bicyclic) bond motifs is 6. The molecule has 0 aromatic heterocycles. The SMILES string of the molecule is [Au+].[Au+].[C-]#Cc1cccc2c1-c1ccccc1C2(c1ccccc1)c1ccccc1.[C-]#Cc1cccc2c1-c1ccccc1C2(c1ccccc1)c1ccccc1.c1ccc([PH+](C[PH+](c2ccccc2)c2ccccc2)c2ccccc2)cc1. The Morgan fingerprint density at radius 1 is 0.253 bits per heavy atom. The summed E-state index contributed by atoms with van der Waals surface area (Å²) >= 11 is 0. The summed E-state index contributed by atoms with van der Waals surface area (Å²) in [5.41, 5.74) is 15.5. The second-order valence-corrected chi connectivity index (χ2v) is 26.0. The van der Waals surface area contributed by atoms with Crippen molar-refractivity contribution in [2.24, 2.45) is 0 Å². The van der Waals surface area contributed by atoms with Gasteiger partial charge in [0.2, 0.25) is 0 Å². The van der Waals surface area contributed by atoms with Crippen molar-refractivity contribution in [3.05, 3.63) is 396 Å². The maximum absolute atomic E-state index is 7.84. The first kappa shape index (κ1) is 58.3. The van der Waals surface area contributed by atoms with Crippen molar-refractivity contribution in [2.75, 3.05) is 5.90 Å². The third-order valence-corrected chi connectivity index (χ3v) is 23.0. The average molecular weight is 1460 g/mol. The standard InChI is InChI=1S/2C27H17.C25H22P2.2Au/c2*1-2-20-12-11-19-25-26(20)23-17-9-10-18-24(23)27(25,21-13-5-3-6-14-21)22-15-7-4-8-16-22;1-5-13-22(14-6-1)26(23-15-7-2-8-16-23)21-27(24-17-9-3-10-18-24)25-19-11-4-12-20-25;;/h2*3-19H;1-20H,21H2;;/q2*-1;;2*+1/p+2. The predicted molar refractivity (Wildman–Crippen MR) is 346 cm³/mol. The van der Waals surface area contributed by atoms with Crippen molar-refractivity contribution in [1.29, 1.82) is 0 Å². The molecule has 2 aliphatic rings. The van der Waals surface area contributed by atoms with Gasteiger partial charge in [-0.25, -0.2) is 0 Å². The van der Waals surface area contributed by atoms with Crippen LogP contribution in [0.25, 0.3) is 22.3 Å². The van der Waals surface area contributed by atoms with Crippen LogP contribution in [0.1, 0.15) is 55.6 Å². The van der Waals surface area contributed by atoms with E-state index in [1.165, 1.54) is 82.8 Å². The molecule has 14 rings (SSSR count). The summed E-state index contributed by atoms with van der Waals surface area (Å²) in [5.74, 6) is 6.57. The van der Waals surface area contributed by atoms with E-state index in [4.69, 9.17) is 12.8 Å². The van der Waals surface area contributed by atoms with Gasteiger partial charge in [-0.05, 0) is 104 Å². The Morgan fingerprint density at radius 2 is 0.482 bits per heavy atom. The van der Waals surface area contributed by atoms with Gasteiger partial charge in [0.05, 0.1) is 10.8 Å². The molecule has 0 heterocycles. The fourth-order valence-electron chi connectivity index (χ4n) is 12.7. The van der Waals surface area contributed by atoms with Crippen LogP contribution in [-0.2, 0) is 55.6 Å². The van der Waals surface area contributed by atoms with E-state index in [1.807, 2.05) is 24.3 Å². The van der Waals surface area contributed by atoms with E-state index in [0.29, 0.717) is 0 Å². The Kier molecular flexibility index (Phi) is 19.0. The van der Waals surface area contributed by atoms with Gasteiger partial charge < -0.3 is 12.8 Å². The van der Waals surface area contributed by atoms with Gasteiger partial charge in [0.1, 0.15) is 37.1 Å². The molecule has 2 aliphatic carbocycles. The third-order valence-electron chi connectivity index (χ3n) is 16.1. The first-order valence-corrected chi connectivity index (χ1v) is 31.0. The summed E-state index contributed by atoms with van der Waals surface area (Å²) < 4.78 is 0. The molecular weight excluding hydrogens is 1400 g/mol. The van der Waals surface area contributed by atoms with Crippen molar-refractivity contribution >= 4 is 37.1 Å². The molecule has 0 fully saturated rings. The van der Waals surface area contributed by atoms with E-state index >= 15 is 0 Å². The van der Waals surface area contributed by atoms with Gasteiger partial charge in [0.25, 0.3) is 0 Å². The molecule has 0 saturated carbocycles. The Hall–Kier alpha value is -7.90. The fraction of sp³-hybridized carbons (Fsp3) is 0.0380. The van der Waals surface area contributed by atoms with Crippen LogP contribution in [-0.4, -0.2) is 5.90 Å². The summed E-state index contributed by atoms with van der Waals surface area (Å²) in [6.45, 7) is 0. The summed E-state index contributed by atoms with van der Waals surface area (Å²) in [4.78, 5) is 0. The molecule has 0 amide bonds. The van der Waals surface area contributed by atoms with Crippen LogP contribution in [0.3, 0.4) is 0 Å². The van der Waals surface area contributed by atoms with Crippen LogP contribution in [0, 0.1) is 24.7 Å². The molecule has 83 heavy (non-hydrogen) atoms. The molecule has 0 bridgehead atoms. The van der Waals surface area contributed by atoms with Crippen molar-refractivity contribution in [1.82, 2.24) is 0 Å². The predicted octanol–water partition coefficient (Wildman–Crippen LogP) is 16.6. The van der Waals surface area contributed by atoms with Gasteiger partial charge in [0.15, 0.2) is 5.90 Å². The van der Waals surface area contributed by atoms with Gasteiger partial charge in [0, 0.05) is 0 Å². The molecule has 0 N–H and O–H groups in total. The van der Waals surface area contributed by atoms with Crippen LogP contribution in [0.4, 0.5) is 0 Å². The molecule has 0 radical (unpaired) electrons. The average Bonchev–Trinajstić information content (AvgIpc) is 2.18. The molecule has 0 atom stereocenters. The van der Waals surface area contributed by atoms with Crippen molar-refractivity contribution < 1.29 is 44.8 Å². The summed E-state index contributed by atoms with van der Waals surface area (Å²) in [7, 11) is -1.69. The monoisotopic (exact) mass is 1460 g/mol. The van der Waals surface area contributed by atoms with Crippen molar-refractivity contribution in [3.8, 4) is 34.1 Å². The van der Waals surface area contributed by atoms with E-state index in [-0.39, 0.29) is 55.6 Å². The minimum atomic E-state index is -0.847. The van der Waals surface area contributed by atoms with E-state index in [2.05, 4.69) is 315 Å². The van der Waals surface area contributed by atoms with Crippen LogP contribution in [0.2, 0.25) is 0 Å². The van der Waals surface area contributed by atoms with Crippen LogP contribution in [0.5, 0.6) is 0 Å². The minimum Gasteiger partial charge on any atom is -0.366 e. The van der Waals surface area contributed by atoms with Crippen molar-refractivity contribution in [2.45, 2.75) is 10.8 Å². The molecule has 0 aliphatic heterocycles. The Morgan fingerprint density at radius 3 is 0.747 bits per heavy atom. The first-order chi connectivity index (χ1) is 40.2. The maximum atomic E-state index is 7.84. The second kappa shape index (κ2) is 27.0. The molecule has 404 valence electrons. The number of hydrogen-bond acceptors (Lipinski definition) is 0. The zero-order valence-corrected chi connectivity index (χ0v) is 51.8. The van der Waals surface area contributed by atoms with E-state index in [1.54, 1.807) is 0 Å². The summed E-state index contributed by atoms with van der Waals surface area (Å²) in [6.07, 6.45) is 15.7. The number of benzene rings is 12. The Labute approximate surface area is 524 Å². The largest absolute Gasteiger partial charge is 1.00 e. The molecule has 0 saturated heterocycles. The molecule has 4 heteroatoms. The smallest absolute Gasteiger partial charge is 0.366 e. The molecule has 12 aromatic rings.